The van der Waals surface area contributed by atoms with Gasteiger partial charge in [0.25, 0.3) is 5.91 Å². The molecular weight excluding hydrogens is 434 g/mol. The van der Waals surface area contributed by atoms with E-state index >= 15 is 0 Å². The van der Waals surface area contributed by atoms with Gasteiger partial charge in [-0.15, -0.1) is 0 Å². The molecule has 0 saturated carbocycles. The van der Waals surface area contributed by atoms with Crippen molar-refractivity contribution in [2.45, 2.75) is 26.1 Å². The number of rotatable bonds is 11. The van der Waals surface area contributed by atoms with Gasteiger partial charge < -0.3 is 29.0 Å². The van der Waals surface area contributed by atoms with Crippen molar-refractivity contribution in [3.05, 3.63) is 78.4 Å². The van der Waals surface area contributed by atoms with Crippen molar-refractivity contribution >= 4 is 11.6 Å². The third-order valence-corrected chi connectivity index (χ3v) is 5.00. The lowest BCUT2D eigenvalue weighted by atomic mass is 10.1. The van der Waals surface area contributed by atoms with Crippen LogP contribution < -0.4 is 23.8 Å². The third kappa shape index (κ3) is 6.89. The number of hydrogen-bond donors (Lipinski definition) is 1. The molecule has 7 nitrogen and oxygen atoms in total. The number of benzene rings is 3. The molecule has 3 aromatic carbocycles. The average Bonchev–Trinajstić information content (AvgIpc) is 2.86. The van der Waals surface area contributed by atoms with Gasteiger partial charge in [0.15, 0.2) is 0 Å². The molecule has 0 unspecified atom stereocenters. The molecule has 1 N–H and O–H groups in total. The van der Waals surface area contributed by atoms with Crippen LogP contribution >= 0.6 is 0 Å². The van der Waals surface area contributed by atoms with Crippen molar-refractivity contribution in [3.8, 4) is 23.0 Å². The number of carbonyl (C=O) groups is 1. The molecule has 34 heavy (non-hydrogen) atoms. The summed E-state index contributed by atoms with van der Waals surface area (Å²) in [6.07, 6.45) is -0.880. The largest absolute Gasteiger partial charge is 0.497 e. The summed E-state index contributed by atoms with van der Waals surface area (Å²) in [4.78, 5) is 14.9. The number of methoxy groups -OCH3 is 2. The van der Waals surface area contributed by atoms with E-state index in [4.69, 9.17) is 18.9 Å². The Hall–Kier alpha value is -3.71. The second-order valence-electron chi connectivity index (χ2n) is 7.95. The standard InChI is InChI=1S/C27H31NO6/c1-19(2)34-26-9-5-20(6-10-26)27(30)28(21-7-11-23(31-3)12-8-21)17-22(29)18-33-25-15-13-24(32-4)14-16-25/h5-16,19,22,29H,17-18H2,1-4H3/t22-/m1/s1. The van der Waals surface area contributed by atoms with Crippen LogP contribution in [0.15, 0.2) is 72.8 Å². The van der Waals surface area contributed by atoms with E-state index in [1.807, 2.05) is 13.8 Å². The molecule has 3 aromatic rings. The summed E-state index contributed by atoms with van der Waals surface area (Å²) in [7, 11) is 3.17. The minimum atomic E-state index is -0.920. The van der Waals surface area contributed by atoms with E-state index in [2.05, 4.69) is 0 Å². The van der Waals surface area contributed by atoms with Gasteiger partial charge in [-0.05, 0) is 86.6 Å². The van der Waals surface area contributed by atoms with Gasteiger partial charge in [-0.1, -0.05) is 0 Å². The Morgan fingerprint density at radius 2 is 1.29 bits per heavy atom. The van der Waals surface area contributed by atoms with Crippen LogP contribution in [0.5, 0.6) is 23.0 Å². The van der Waals surface area contributed by atoms with Gasteiger partial charge in [-0.25, -0.2) is 0 Å². The van der Waals surface area contributed by atoms with Gasteiger partial charge >= 0.3 is 0 Å². The number of ether oxygens (including phenoxy) is 4. The zero-order valence-electron chi connectivity index (χ0n) is 19.9. The van der Waals surface area contributed by atoms with Gasteiger partial charge in [0.05, 0.1) is 26.9 Å². The quantitative estimate of drug-likeness (QED) is 0.447. The van der Waals surface area contributed by atoms with Crippen LogP contribution in [0, 0.1) is 0 Å². The Labute approximate surface area is 200 Å². The summed E-state index contributed by atoms with van der Waals surface area (Å²) in [6, 6.07) is 21.2. The number of aliphatic hydroxyl groups excluding tert-OH is 1. The highest BCUT2D eigenvalue weighted by Crippen LogP contribution is 2.23. The van der Waals surface area contributed by atoms with Crippen molar-refractivity contribution in [2.24, 2.45) is 0 Å². The highest BCUT2D eigenvalue weighted by Gasteiger charge is 2.22. The molecule has 7 heteroatoms. The van der Waals surface area contributed by atoms with Crippen LogP contribution in [-0.4, -0.2) is 50.6 Å². The van der Waals surface area contributed by atoms with E-state index in [1.165, 1.54) is 4.90 Å². The number of aliphatic hydroxyl groups is 1. The second kappa shape index (κ2) is 12.0. The highest BCUT2D eigenvalue weighted by molar-refractivity contribution is 6.06. The smallest absolute Gasteiger partial charge is 0.258 e. The normalized spacial score (nSPS) is 11.6. The van der Waals surface area contributed by atoms with Gasteiger partial charge in [0.1, 0.15) is 35.7 Å². The Bertz CT molecular complexity index is 1030. The molecule has 3 rings (SSSR count). The summed E-state index contributed by atoms with van der Waals surface area (Å²) >= 11 is 0. The molecule has 0 spiro atoms. The predicted octanol–water partition coefficient (Wildman–Crippen LogP) is 4.58. The van der Waals surface area contributed by atoms with E-state index in [0.29, 0.717) is 34.2 Å². The van der Waals surface area contributed by atoms with Gasteiger partial charge in [0, 0.05) is 11.3 Å². The summed E-state index contributed by atoms with van der Waals surface area (Å²) in [5.74, 6) is 2.44. The highest BCUT2D eigenvalue weighted by atomic mass is 16.5. The van der Waals surface area contributed by atoms with Crippen molar-refractivity contribution < 1.29 is 28.8 Å². The molecule has 180 valence electrons. The second-order valence-corrected chi connectivity index (χ2v) is 7.95. The molecule has 0 aromatic heterocycles. The molecule has 1 amide bonds. The molecular formula is C27H31NO6. The van der Waals surface area contributed by atoms with E-state index in [1.54, 1.807) is 87.0 Å². The zero-order chi connectivity index (χ0) is 24.5. The summed E-state index contributed by atoms with van der Waals surface area (Å²) < 4.78 is 21.7. The Morgan fingerprint density at radius 3 is 1.82 bits per heavy atom. The first-order chi connectivity index (χ1) is 16.4. The van der Waals surface area contributed by atoms with Crippen molar-refractivity contribution in [1.82, 2.24) is 0 Å². The number of amides is 1. The summed E-state index contributed by atoms with van der Waals surface area (Å²) in [5, 5.41) is 10.7. The van der Waals surface area contributed by atoms with Crippen LogP contribution in [-0.2, 0) is 0 Å². The summed E-state index contributed by atoms with van der Waals surface area (Å²) in [6.45, 7) is 3.96. The minimum absolute atomic E-state index is 0.0213. The Kier molecular flexibility index (Phi) is 8.76. The van der Waals surface area contributed by atoms with Crippen LogP contribution in [0.2, 0.25) is 0 Å². The SMILES string of the molecule is COc1ccc(OC[C@H](O)CN(C(=O)c2ccc(OC(C)C)cc2)c2ccc(OC)cc2)cc1. The van der Waals surface area contributed by atoms with Crippen molar-refractivity contribution in [1.29, 1.82) is 0 Å². The molecule has 0 aliphatic heterocycles. The number of carbonyl (C=O) groups excluding carboxylic acids is 1. The first kappa shape index (κ1) is 24.9. The van der Waals surface area contributed by atoms with E-state index in [9.17, 15) is 9.90 Å². The maximum atomic E-state index is 13.4. The lowest BCUT2D eigenvalue weighted by Gasteiger charge is -2.26. The molecule has 0 heterocycles. The first-order valence-electron chi connectivity index (χ1n) is 11.1. The van der Waals surface area contributed by atoms with Crippen LogP contribution in [0.4, 0.5) is 5.69 Å². The van der Waals surface area contributed by atoms with E-state index in [0.717, 1.165) is 0 Å². The first-order valence-corrected chi connectivity index (χ1v) is 11.1. The zero-order valence-corrected chi connectivity index (χ0v) is 19.9. The number of nitrogens with zero attached hydrogens (tertiary/aromatic N) is 1. The number of hydrogen-bond acceptors (Lipinski definition) is 6. The molecule has 0 aliphatic carbocycles. The molecule has 0 aliphatic rings. The fourth-order valence-corrected chi connectivity index (χ4v) is 3.30. The average molecular weight is 466 g/mol. The fraction of sp³-hybridized carbons (Fsp3) is 0.296. The van der Waals surface area contributed by atoms with E-state index in [-0.39, 0.29) is 25.2 Å². The molecule has 0 fully saturated rings. The topological polar surface area (TPSA) is 77.5 Å². The van der Waals surface area contributed by atoms with Crippen molar-refractivity contribution in [3.63, 3.8) is 0 Å². The maximum Gasteiger partial charge on any atom is 0.258 e. The molecule has 0 radical (unpaired) electrons. The molecule has 0 bridgehead atoms. The van der Waals surface area contributed by atoms with Gasteiger partial charge in [-0.2, -0.15) is 0 Å². The molecule has 0 saturated heterocycles. The fourth-order valence-electron chi connectivity index (χ4n) is 3.30. The number of anilines is 1. The lowest BCUT2D eigenvalue weighted by Crippen LogP contribution is -2.40. The minimum Gasteiger partial charge on any atom is -0.497 e. The van der Waals surface area contributed by atoms with Crippen LogP contribution in [0.1, 0.15) is 24.2 Å². The third-order valence-electron chi connectivity index (χ3n) is 5.00. The van der Waals surface area contributed by atoms with Gasteiger partial charge in [-0.3, -0.25) is 4.79 Å². The Balaban J connectivity index is 1.74. The van der Waals surface area contributed by atoms with E-state index < -0.39 is 6.10 Å². The Morgan fingerprint density at radius 1 is 0.794 bits per heavy atom. The van der Waals surface area contributed by atoms with Crippen LogP contribution in [0.25, 0.3) is 0 Å². The predicted molar refractivity (Wildman–Crippen MR) is 131 cm³/mol. The molecule has 1 atom stereocenters. The van der Waals surface area contributed by atoms with Crippen molar-refractivity contribution in [2.75, 3.05) is 32.3 Å². The maximum absolute atomic E-state index is 13.4. The van der Waals surface area contributed by atoms with Crippen LogP contribution in [0.3, 0.4) is 0 Å². The lowest BCUT2D eigenvalue weighted by molar-refractivity contribution is 0.0906. The summed E-state index contributed by atoms with van der Waals surface area (Å²) in [5.41, 5.74) is 1.12. The van der Waals surface area contributed by atoms with Gasteiger partial charge in [0.2, 0.25) is 0 Å². The monoisotopic (exact) mass is 465 g/mol.